The molecule has 0 radical (unpaired) electrons. The Labute approximate surface area is 237 Å². The molecule has 0 aromatic carbocycles. The molecule has 10 heteroatoms. The number of Topliss-reactive ketones (excluding diaryl/α,β-unsaturated/α-hetero) is 1. The van der Waals surface area contributed by atoms with Crippen LogP contribution in [-0.2, 0) is 23.9 Å². The van der Waals surface area contributed by atoms with Crippen LogP contribution < -0.4 is 16.4 Å². The molecule has 0 aromatic heterocycles. The number of nitrogens with one attached hydrogen (secondary N) is 2. The zero-order valence-electron chi connectivity index (χ0n) is 25.0. The zero-order valence-corrected chi connectivity index (χ0v) is 25.0. The molecule has 1 heterocycles. The highest BCUT2D eigenvalue weighted by Gasteiger charge is 2.70. The Bertz CT molecular complexity index is 1020. The summed E-state index contributed by atoms with van der Waals surface area (Å²) in [4.78, 5) is 66.6. The summed E-state index contributed by atoms with van der Waals surface area (Å²) in [7, 11) is 0. The second-order valence-corrected chi connectivity index (χ2v) is 14.1. The summed E-state index contributed by atoms with van der Waals surface area (Å²) in [5, 5.41) is 5.65. The normalized spacial score (nSPS) is 31.8. The third kappa shape index (κ3) is 6.15. The predicted octanol–water partition coefficient (Wildman–Crippen LogP) is 2.92. The first kappa shape index (κ1) is 30.3. The maximum Gasteiger partial charge on any atom is 0.408 e. The number of hydrogen-bond acceptors (Lipinski definition) is 6. The molecule has 0 bridgehead atoms. The van der Waals surface area contributed by atoms with E-state index < -0.39 is 47.4 Å². The highest BCUT2D eigenvalue weighted by Crippen LogP contribution is 2.65. The molecule has 4 aliphatic rings. The average molecular weight is 561 g/mol. The summed E-state index contributed by atoms with van der Waals surface area (Å²) in [5.74, 6) is -1.52. The largest absolute Gasteiger partial charge is 0.444 e. The van der Waals surface area contributed by atoms with Crippen molar-refractivity contribution in [1.82, 2.24) is 15.5 Å². The minimum absolute atomic E-state index is 0.0361. The van der Waals surface area contributed by atoms with Gasteiger partial charge >= 0.3 is 6.09 Å². The van der Waals surface area contributed by atoms with Gasteiger partial charge in [-0.2, -0.15) is 0 Å². The van der Waals surface area contributed by atoms with Gasteiger partial charge in [0.15, 0.2) is 0 Å². The van der Waals surface area contributed by atoms with Crippen molar-refractivity contribution >= 4 is 29.6 Å². The van der Waals surface area contributed by atoms with E-state index in [0.29, 0.717) is 24.8 Å². The average Bonchev–Trinajstić information content (AvgIpc) is 3.24. The third-order valence-electron chi connectivity index (χ3n) is 9.90. The fraction of sp³-hybridized carbons (Fsp3) is 0.833. The SMILES string of the molecule is CCCC(NC(=O)[C@@H]1C2C(CN1C(=O)[C@@H](NC(=O)OC(C)(C)C)C1CC3CCCCC3C1)C2(C)C)C(=O)C(N)=O. The summed E-state index contributed by atoms with van der Waals surface area (Å²) in [6.45, 7) is 11.8. The van der Waals surface area contributed by atoms with Crippen molar-refractivity contribution in [1.29, 1.82) is 0 Å². The quantitative estimate of drug-likeness (QED) is 0.369. The van der Waals surface area contributed by atoms with Gasteiger partial charge in [0, 0.05) is 6.54 Å². The fourth-order valence-corrected chi connectivity index (χ4v) is 7.85. The topological polar surface area (TPSA) is 148 Å². The number of carbonyl (C=O) groups excluding carboxylic acids is 5. The molecule has 1 saturated heterocycles. The van der Waals surface area contributed by atoms with E-state index in [1.807, 2.05) is 6.92 Å². The Morgan fingerprint density at radius 1 is 1.02 bits per heavy atom. The van der Waals surface area contributed by atoms with Gasteiger partial charge < -0.3 is 26.0 Å². The van der Waals surface area contributed by atoms with Crippen molar-refractivity contribution in [2.45, 2.75) is 117 Å². The van der Waals surface area contributed by atoms with E-state index in [-0.39, 0.29) is 35.5 Å². The second-order valence-electron chi connectivity index (χ2n) is 14.1. The number of carbonyl (C=O) groups is 5. The maximum atomic E-state index is 14.3. The van der Waals surface area contributed by atoms with Crippen molar-refractivity contribution in [2.24, 2.45) is 40.7 Å². The van der Waals surface area contributed by atoms with E-state index in [0.717, 1.165) is 25.7 Å². The van der Waals surface area contributed by atoms with Gasteiger partial charge in [-0.15, -0.1) is 0 Å². The number of nitrogens with two attached hydrogens (primary N) is 1. The van der Waals surface area contributed by atoms with Crippen LogP contribution in [0.4, 0.5) is 4.79 Å². The van der Waals surface area contributed by atoms with Gasteiger partial charge in [0.05, 0.1) is 6.04 Å². The number of ketones is 1. The van der Waals surface area contributed by atoms with E-state index in [1.165, 1.54) is 12.8 Å². The molecular formula is C30H48N4O6. The van der Waals surface area contributed by atoms with Crippen LogP contribution in [0.25, 0.3) is 0 Å². The second kappa shape index (κ2) is 11.3. The third-order valence-corrected chi connectivity index (χ3v) is 9.90. The minimum atomic E-state index is -1.09. The van der Waals surface area contributed by atoms with Crippen LogP contribution in [0.15, 0.2) is 0 Å². The first-order valence-corrected chi connectivity index (χ1v) is 15.1. The van der Waals surface area contributed by atoms with Gasteiger partial charge in [-0.25, -0.2) is 4.79 Å². The number of likely N-dealkylation sites (tertiary alicyclic amines) is 1. The molecule has 3 aliphatic carbocycles. The number of alkyl carbamates (subject to hydrolysis) is 1. The molecule has 40 heavy (non-hydrogen) atoms. The number of ether oxygens (including phenoxy) is 1. The van der Waals surface area contributed by atoms with Crippen LogP contribution in [-0.4, -0.2) is 64.8 Å². The number of hydrogen-bond donors (Lipinski definition) is 3. The highest BCUT2D eigenvalue weighted by molar-refractivity contribution is 6.37. The summed E-state index contributed by atoms with van der Waals surface area (Å²) < 4.78 is 5.54. The van der Waals surface area contributed by atoms with Crippen LogP contribution in [0.2, 0.25) is 0 Å². The Hall–Kier alpha value is -2.65. The Balaban J connectivity index is 1.58. The number of nitrogens with zero attached hydrogens (tertiary/aromatic N) is 1. The number of piperidine rings is 1. The lowest BCUT2D eigenvalue weighted by atomic mass is 9.82. The van der Waals surface area contributed by atoms with Crippen molar-refractivity contribution in [3.8, 4) is 0 Å². The molecule has 0 aromatic rings. The van der Waals surface area contributed by atoms with E-state index in [9.17, 15) is 24.0 Å². The van der Waals surface area contributed by atoms with Crippen LogP contribution in [0.5, 0.6) is 0 Å². The van der Waals surface area contributed by atoms with Crippen molar-refractivity contribution < 1.29 is 28.7 Å². The Kier molecular flexibility index (Phi) is 8.58. The smallest absolute Gasteiger partial charge is 0.408 e. The summed E-state index contributed by atoms with van der Waals surface area (Å²) >= 11 is 0. The molecule has 3 saturated carbocycles. The summed E-state index contributed by atoms with van der Waals surface area (Å²) in [5.41, 5.74) is 4.39. The lowest BCUT2D eigenvalue weighted by Crippen LogP contribution is -2.59. The van der Waals surface area contributed by atoms with E-state index in [1.54, 1.807) is 25.7 Å². The first-order valence-electron chi connectivity index (χ1n) is 15.1. The first-order chi connectivity index (χ1) is 18.7. The minimum Gasteiger partial charge on any atom is -0.444 e. The molecule has 4 N–H and O–H groups in total. The van der Waals surface area contributed by atoms with Gasteiger partial charge in [0.25, 0.3) is 5.91 Å². The highest BCUT2D eigenvalue weighted by atomic mass is 16.6. The van der Waals surface area contributed by atoms with Crippen molar-refractivity contribution in [2.75, 3.05) is 6.54 Å². The monoisotopic (exact) mass is 560 g/mol. The molecule has 4 amide bonds. The number of rotatable bonds is 9. The molecule has 7 atom stereocenters. The van der Waals surface area contributed by atoms with Crippen molar-refractivity contribution in [3.05, 3.63) is 0 Å². The van der Waals surface area contributed by atoms with E-state index in [4.69, 9.17) is 10.5 Å². The molecule has 5 unspecified atom stereocenters. The summed E-state index contributed by atoms with van der Waals surface area (Å²) in [6.07, 6.45) is 6.63. The van der Waals surface area contributed by atoms with Crippen LogP contribution in [0, 0.1) is 35.0 Å². The molecule has 0 spiro atoms. The summed E-state index contributed by atoms with van der Waals surface area (Å²) in [6, 6.07) is -2.62. The molecular weight excluding hydrogens is 512 g/mol. The molecule has 1 aliphatic heterocycles. The van der Waals surface area contributed by atoms with Crippen molar-refractivity contribution in [3.63, 3.8) is 0 Å². The molecule has 10 nitrogen and oxygen atoms in total. The lowest BCUT2D eigenvalue weighted by molar-refractivity contribution is -0.144. The van der Waals surface area contributed by atoms with Gasteiger partial charge in [-0.3, -0.25) is 19.2 Å². The molecule has 4 fully saturated rings. The standard InChI is InChI=1S/C30H48N4O6/c1-7-10-20(24(35)25(31)36)32-26(37)23-21-19(30(21,5)6)15-34(23)27(38)22(33-28(39)40-29(2,3)4)18-13-16-11-8-9-12-17(16)14-18/h16-23H,7-15H2,1-6H3,(H2,31,36)(H,32,37)(H,33,39)/t16?,17?,18?,19?,20?,21?,22-,23-/m0/s1. The van der Waals surface area contributed by atoms with Gasteiger partial charge in [-0.1, -0.05) is 52.9 Å². The lowest BCUT2D eigenvalue weighted by Gasteiger charge is -2.35. The van der Waals surface area contributed by atoms with Gasteiger partial charge in [-0.05, 0) is 75.0 Å². The van der Waals surface area contributed by atoms with Crippen LogP contribution in [0.3, 0.4) is 0 Å². The van der Waals surface area contributed by atoms with Gasteiger partial charge in [0.1, 0.15) is 17.7 Å². The van der Waals surface area contributed by atoms with E-state index >= 15 is 0 Å². The van der Waals surface area contributed by atoms with Gasteiger partial charge in [0.2, 0.25) is 17.6 Å². The predicted molar refractivity (Wildman–Crippen MR) is 149 cm³/mol. The fourth-order valence-electron chi connectivity index (χ4n) is 7.85. The molecule has 224 valence electrons. The Morgan fingerprint density at radius 3 is 2.15 bits per heavy atom. The van der Waals surface area contributed by atoms with Crippen LogP contribution >= 0.6 is 0 Å². The maximum absolute atomic E-state index is 14.3. The van der Waals surface area contributed by atoms with Crippen LogP contribution in [0.1, 0.15) is 92.9 Å². The molecule has 4 rings (SSSR count). The number of fused-ring (bicyclic) bond motifs is 2. The number of primary amides is 1. The zero-order chi connectivity index (χ0) is 29.6. The number of amides is 4. The Morgan fingerprint density at radius 2 is 1.62 bits per heavy atom. The van der Waals surface area contributed by atoms with E-state index in [2.05, 4.69) is 24.5 Å².